The molecule has 0 aliphatic carbocycles. The SMILES string of the molecule is CC(=CCCNC(C)C)c1cc(F)cc(F)c1. The lowest BCUT2D eigenvalue weighted by molar-refractivity contribution is 0.582. The van der Waals surface area contributed by atoms with E-state index in [1.54, 1.807) is 0 Å². The fourth-order valence-corrected chi connectivity index (χ4v) is 1.56. The van der Waals surface area contributed by atoms with Crippen LogP contribution in [0.3, 0.4) is 0 Å². The lowest BCUT2D eigenvalue weighted by atomic mass is 10.1. The van der Waals surface area contributed by atoms with Crippen molar-refractivity contribution in [1.29, 1.82) is 0 Å². The molecule has 0 bridgehead atoms. The number of allylic oxidation sites excluding steroid dienone is 1. The van der Waals surface area contributed by atoms with Crippen LogP contribution in [0.4, 0.5) is 8.78 Å². The zero-order chi connectivity index (χ0) is 12.8. The van der Waals surface area contributed by atoms with E-state index in [9.17, 15) is 8.78 Å². The Morgan fingerprint density at radius 2 is 1.82 bits per heavy atom. The van der Waals surface area contributed by atoms with E-state index in [4.69, 9.17) is 0 Å². The van der Waals surface area contributed by atoms with Crippen LogP contribution in [0.25, 0.3) is 5.57 Å². The van der Waals surface area contributed by atoms with Gasteiger partial charge in [0.25, 0.3) is 0 Å². The largest absolute Gasteiger partial charge is 0.314 e. The van der Waals surface area contributed by atoms with Crippen LogP contribution in [-0.4, -0.2) is 12.6 Å². The topological polar surface area (TPSA) is 12.0 Å². The maximum Gasteiger partial charge on any atom is 0.126 e. The van der Waals surface area contributed by atoms with E-state index in [1.165, 1.54) is 12.1 Å². The van der Waals surface area contributed by atoms with Crippen LogP contribution in [0, 0.1) is 11.6 Å². The van der Waals surface area contributed by atoms with Crippen molar-refractivity contribution in [3.05, 3.63) is 41.5 Å². The molecular weight excluding hydrogens is 220 g/mol. The first kappa shape index (κ1) is 13.8. The van der Waals surface area contributed by atoms with Crippen molar-refractivity contribution in [3.63, 3.8) is 0 Å². The van der Waals surface area contributed by atoms with Gasteiger partial charge < -0.3 is 5.32 Å². The standard InChI is InChI=1S/C14H19F2N/c1-10(2)17-6-4-5-11(3)12-7-13(15)9-14(16)8-12/h5,7-10,17H,4,6H2,1-3H3. The normalized spacial score (nSPS) is 12.2. The number of halogens is 2. The summed E-state index contributed by atoms with van der Waals surface area (Å²) in [6.45, 7) is 6.90. The first-order valence-corrected chi connectivity index (χ1v) is 5.85. The Labute approximate surface area is 102 Å². The summed E-state index contributed by atoms with van der Waals surface area (Å²) < 4.78 is 26.0. The number of hydrogen-bond donors (Lipinski definition) is 1. The Balaban J connectivity index is 2.61. The predicted octanol–water partition coefficient (Wildman–Crippen LogP) is 3.76. The van der Waals surface area contributed by atoms with Gasteiger partial charge in [-0.3, -0.25) is 0 Å². The smallest absolute Gasteiger partial charge is 0.126 e. The molecular formula is C14H19F2N. The Kier molecular flexibility index (Phi) is 5.29. The Morgan fingerprint density at radius 1 is 1.24 bits per heavy atom. The van der Waals surface area contributed by atoms with Crippen LogP contribution in [0.2, 0.25) is 0 Å². The average Bonchev–Trinajstić information content (AvgIpc) is 2.22. The van der Waals surface area contributed by atoms with Gasteiger partial charge in [-0.05, 0) is 43.2 Å². The van der Waals surface area contributed by atoms with Crippen LogP contribution in [0.5, 0.6) is 0 Å². The van der Waals surface area contributed by atoms with Crippen LogP contribution >= 0.6 is 0 Å². The third kappa shape index (κ3) is 5.09. The molecule has 17 heavy (non-hydrogen) atoms. The molecule has 0 aliphatic rings. The molecule has 0 atom stereocenters. The summed E-state index contributed by atoms with van der Waals surface area (Å²) in [4.78, 5) is 0. The van der Waals surface area contributed by atoms with Gasteiger partial charge in [0.15, 0.2) is 0 Å². The van der Waals surface area contributed by atoms with Crippen molar-refractivity contribution < 1.29 is 8.78 Å². The van der Waals surface area contributed by atoms with Gasteiger partial charge >= 0.3 is 0 Å². The Hall–Kier alpha value is -1.22. The van der Waals surface area contributed by atoms with Crippen molar-refractivity contribution in [2.45, 2.75) is 33.2 Å². The van der Waals surface area contributed by atoms with Crippen molar-refractivity contribution in [2.24, 2.45) is 0 Å². The van der Waals surface area contributed by atoms with Gasteiger partial charge in [0.1, 0.15) is 11.6 Å². The van der Waals surface area contributed by atoms with E-state index in [2.05, 4.69) is 19.2 Å². The van der Waals surface area contributed by atoms with Gasteiger partial charge in [-0.15, -0.1) is 0 Å². The second-order valence-electron chi connectivity index (χ2n) is 4.44. The predicted molar refractivity (Wildman–Crippen MR) is 67.8 cm³/mol. The fourth-order valence-electron chi connectivity index (χ4n) is 1.56. The Morgan fingerprint density at radius 3 is 2.35 bits per heavy atom. The summed E-state index contributed by atoms with van der Waals surface area (Å²) in [6, 6.07) is 4.04. The lowest BCUT2D eigenvalue weighted by Crippen LogP contribution is -2.23. The quantitative estimate of drug-likeness (QED) is 0.771. The molecule has 1 rings (SSSR count). The van der Waals surface area contributed by atoms with Crippen LogP contribution in [0.1, 0.15) is 32.8 Å². The third-order valence-electron chi connectivity index (χ3n) is 2.47. The van der Waals surface area contributed by atoms with Gasteiger partial charge in [0, 0.05) is 12.1 Å². The van der Waals surface area contributed by atoms with E-state index in [-0.39, 0.29) is 0 Å². The fraction of sp³-hybridized carbons (Fsp3) is 0.429. The molecule has 0 amide bonds. The number of hydrogen-bond acceptors (Lipinski definition) is 1. The monoisotopic (exact) mass is 239 g/mol. The minimum Gasteiger partial charge on any atom is -0.314 e. The molecule has 0 spiro atoms. The maximum absolute atomic E-state index is 13.0. The van der Waals surface area contributed by atoms with Crippen molar-refractivity contribution >= 4 is 5.57 Å². The molecule has 0 saturated heterocycles. The zero-order valence-corrected chi connectivity index (χ0v) is 10.6. The van der Waals surface area contributed by atoms with E-state index in [0.29, 0.717) is 11.6 Å². The van der Waals surface area contributed by atoms with Gasteiger partial charge in [-0.25, -0.2) is 8.78 Å². The first-order chi connectivity index (χ1) is 7.99. The zero-order valence-electron chi connectivity index (χ0n) is 10.6. The summed E-state index contributed by atoms with van der Waals surface area (Å²) in [6.07, 6.45) is 2.84. The second-order valence-corrected chi connectivity index (χ2v) is 4.44. The summed E-state index contributed by atoms with van der Waals surface area (Å²) in [5.41, 5.74) is 1.50. The highest BCUT2D eigenvalue weighted by molar-refractivity contribution is 5.63. The first-order valence-electron chi connectivity index (χ1n) is 5.85. The van der Waals surface area contributed by atoms with Crippen molar-refractivity contribution in [2.75, 3.05) is 6.54 Å². The van der Waals surface area contributed by atoms with Crippen molar-refractivity contribution in [3.8, 4) is 0 Å². The van der Waals surface area contributed by atoms with Crippen LogP contribution in [-0.2, 0) is 0 Å². The number of nitrogens with one attached hydrogen (secondary N) is 1. The molecule has 3 heteroatoms. The van der Waals surface area contributed by atoms with E-state index in [1.807, 2.05) is 13.0 Å². The highest BCUT2D eigenvalue weighted by atomic mass is 19.1. The lowest BCUT2D eigenvalue weighted by Gasteiger charge is -2.06. The third-order valence-corrected chi connectivity index (χ3v) is 2.47. The number of benzene rings is 1. The summed E-state index contributed by atoms with van der Waals surface area (Å²) >= 11 is 0. The van der Waals surface area contributed by atoms with E-state index >= 15 is 0 Å². The minimum atomic E-state index is -0.534. The summed E-state index contributed by atoms with van der Waals surface area (Å²) in [5, 5.41) is 3.28. The summed E-state index contributed by atoms with van der Waals surface area (Å²) in [7, 11) is 0. The number of rotatable bonds is 5. The van der Waals surface area contributed by atoms with Crippen LogP contribution < -0.4 is 5.32 Å². The molecule has 0 fully saturated rings. The molecule has 0 radical (unpaired) electrons. The molecule has 0 aromatic heterocycles. The second kappa shape index (κ2) is 6.50. The maximum atomic E-state index is 13.0. The van der Waals surface area contributed by atoms with E-state index < -0.39 is 11.6 Å². The van der Waals surface area contributed by atoms with Crippen molar-refractivity contribution in [1.82, 2.24) is 5.32 Å². The molecule has 0 unspecified atom stereocenters. The highest BCUT2D eigenvalue weighted by Crippen LogP contribution is 2.17. The van der Waals surface area contributed by atoms with Gasteiger partial charge in [-0.1, -0.05) is 19.9 Å². The minimum absolute atomic E-state index is 0.454. The van der Waals surface area contributed by atoms with Gasteiger partial charge in [0.2, 0.25) is 0 Å². The molecule has 0 saturated carbocycles. The molecule has 1 aromatic carbocycles. The average molecular weight is 239 g/mol. The molecule has 1 N–H and O–H groups in total. The Bertz CT molecular complexity index is 377. The molecule has 1 aromatic rings. The summed E-state index contributed by atoms with van der Waals surface area (Å²) in [5.74, 6) is -1.07. The highest BCUT2D eigenvalue weighted by Gasteiger charge is 2.01. The molecule has 0 heterocycles. The molecule has 0 aliphatic heterocycles. The van der Waals surface area contributed by atoms with Gasteiger partial charge in [-0.2, -0.15) is 0 Å². The van der Waals surface area contributed by atoms with Gasteiger partial charge in [0.05, 0.1) is 0 Å². The van der Waals surface area contributed by atoms with Crippen LogP contribution in [0.15, 0.2) is 24.3 Å². The van der Waals surface area contributed by atoms with E-state index in [0.717, 1.165) is 24.6 Å². The molecule has 94 valence electrons. The molecule has 1 nitrogen and oxygen atoms in total.